The van der Waals surface area contributed by atoms with Crippen LogP contribution in [0.5, 0.6) is 0 Å². The summed E-state index contributed by atoms with van der Waals surface area (Å²) < 4.78 is 33.4. The van der Waals surface area contributed by atoms with Gasteiger partial charge in [-0.1, -0.05) is 18.0 Å². The van der Waals surface area contributed by atoms with E-state index in [9.17, 15) is 8.78 Å². The normalized spacial score (nSPS) is 17.6. The number of anilines is 1. The largest absolute Gasteiger partial charge is 0.361 e. The molecule has 2 aliphatic rings. The monoisotopic (exact) mass is 532 g/mol. The van der Waals surface area contributed by atoms with Gasteiger partial charge in [-0.15, -0.1) is 0 Å². The Labute approximate surface area is 225 Å². The van der Waals surface area contributed by atoms with Crippen LogP contribution in [-0.2, 0) is 0 Å². The highest BCUT2D eigenvalue weighted by molar-refractivity contribution is 7.99. The van der Waals surface area contributed by atoms with E-state index in [1.54, 1.807) is 0 Å². The Balaban J connectivity index is 1.42. The molecule has 0 saturated carbocycles. The predicted octanol–water partition coefficient (Wildman–Crippen LogP) is 6.35. The van der Waals surface area contributed by atoms with Gasteiger partial charge in [-0.3, -0.25) is 4.68 Å². The number of nitrogens with zero attached hydrogens (tertiary/aromatic N) is 3. The zero-order valence-corrected chi connectivity index (χ0v) is 22.2. The van der Waals surface area contributed by atoms with Gasteiger partial charge in [0.25, 0.3) is 0 Å². The average molecular weight is 533 g/mol. The molecule has 6 nitrogen and oxygen atoms in total. The molecule has 0 atom stereocenters. The zero-order chi connectivity index (χ0) is 26.6. The first-order valence-corrected chi connectivity index (χ1v) is 13.7. The maximum Gasteiger partial charge on any atom is 0.133 e. The van der Waals surface area contributed by atoms with E-state index in [0.29, 0.717) is 22.7 Å². The second-order valence-electron chi connectivity index (χ2n) is 9.52. The number of hydrogen-bond donors (Lipinski definition) is 3. The Bertz CT molecular complexity index is 1430. The number of piperidine rings is 1. The Morgan fingerprint density at radius 2 is 1.95 bits per heavy atom. The first kappa shape index (κ1) is 25.9. The molecule has 0 bridgehead atoms. The van der Waals surface area contributed by atoms with Crippen LogP contribution in [0.15, 0.2) is 72.8 Å². The van der Waals surface area contributed by atoms with E-state index in [2.05, 4.69) is 38.0 Å². The highest BCUT2D eigenvalue weighted by Gasteiger charge is 2.20. The fourth-order valence-electron chi connectivity index (χ4n) is 4.87. The molecule has 1 aromatic heterocycles. The van der Waals surface area contributed by atoms with Crippen LogP contribution in [-0.4, -0.2) is 47.3 Å². The topological polar surface area (TPSA) is 69.0 Å². The van der Waals surface area contributed by atoms with Gasteiger partial charge in [0.15, 0.2) is 0 Å². The van der Waals surface area contributed by atoms with E-state index >= 15 is 0 Å². The number of dihydropyridines is 1. The van der Waals surface area contributed by atoms with Gasteiger partial charge in [0.05, 0.1) is 12.2 Å². The van der Waals surface area contributed by atoms with Crippen LogP contribution in [0.2, 0.25) is 0 Å². The molecule has 0 spiro atoms. The molecule has 38 heavy (non-hydrogen) atoms. The SMILES string of the molecule is CSNc1cc(/C(C=N)=C2\C=CC(c3cnn(C4CCN(C)CC4)c3)=CN2)cc(-c2ccc(F)cc2F)c1. The standard InChI is InChI=1S/C29H30F2N6S/c1-36-9-7-25(8-10-36)37-18-22(17-34-37)19-3-6-29(33-16-19)27(15-32)21-11-20(12-24(13-21)35-38-2)26-5-4-23(30)14-28(26)31/h3-6,11-18,25,32-33,35H,7-10H2,1-2H3/b29-27+,32-15?. The van der Waals surface area contributed by atoms with Crippen molar-refractivity contribution in [3.63, 3.8) is 0 Å². The molecule has 3 heterocycles. The molecule has 196 valence electrons. The van der Waals surface area contributed by atoms with Crippen molar-refractivity contribution in [1.29, 1.82) is 5.41 Å². The summed E-state index contributed by atoms with van der Waals surface area (Å²) in [5.74, 6) is -1.26. The van der Waals surface area contributed by atoms with Crippen molar-refractivity contribution in [3.8, 4) is 11.1 Å². The Morgan fingerprint density at radius 1 is 1.13 bits per heavy atom. The summed E-state index contributed by atoms with van der Waals surface area (Å²) in [6, 6.07) is 9.52. The van der Waals surface area contributed by atoms with Crippen LogP contribution in [0.25, 0.3) is 22.3 Å². The summed E-state index contributed by atoms with van der Waals surface area (Å²) in [6.07, 6.45) is 15.2. The molecule has 3 aromatic rings. The lowest BCUT2D eigenvalue weighted by molar-refractivity contribution is 0.212. The van der Waals surface area contributed by atoms with Crippen molar-refractivity contribution in [2.75, 3.05) is 31.1 Å². The van der Waals surface area contributed by atoms with Crippen molar-refractivity contribution in [1.82, 2.24) is 20.0 Å². The molecule has 1 fully saturated rings. The number of benzene rings is 2. The molecule has 2 aliphatic heterocycles. The lowest BCUT2D eigenvalue weighted by Crippen LogP contribution is -2.31. The van der Waals surface area contributed by atoms with Crippen LogP contribution < -0.4 is 10.0 Å². The van der Waals surface area contributed by atoms with Crippen LogP contribution in [0.3, 0.4) is 0 Å². The van der Waals surface area contributed by atoms with E-state index in [1.807, 2.05) is 49.0 Å². The van der Waals surface area contributed by atoms with E-state index in [4.69, 9.17) is 5.41 Å². The van der Waals surface area contributed by atoms with Crippen LogP contribution in [0.1, 0.15) is 30.0 Å². The fraction of sp³-hybridized carbons (Fsp3) is 0.241. The van der Waals surface area contributed by atoms with Gasteiger partial charge in [-0.2, -0.15) is 5.10 Å². The summed E-state index contributed by atoms with van der Waals surface area (Å²) in [4.78, 5) is 2.35. The second-order valence-corrected chi connectivity index (χ2v) is 10.1. The van der Waals surface area contributed by atoms with Crippen molar-refractivity contribution >= 4 is 35.0 Å². The molecule has 0 radical (unpaired) electrons. The number of likely N-dealkylation sites (tertiary alicyclic amines) is 1. The van der Waals surface area contributed by atoms with Crippen LogP contribution in [0, 0.1) is 17.0 Å². The number of allylic oxidation sites excluding steroid dienone is 4. The fourth-order valence-corrected chi connectivity index (χ4v) is 5.23. The Morgan fingerprint density at radius 3 is 2.63 bits per heavy atom. The molecule has 0 unspecified atom stereocenters. The molecule has 9 heteroatoms. The zero-order valence-electron chi connectivity index (χ0n) is 21.3. The molecular formula is C29H30F2N6S. The Hall–Kier alpha value is -3.69. The molecule has 1 saturated heterocycles. The van der Waals surface area contributed by atoms with Crippen LogP contribution in [0.4, 0.5) is 14.5 Å². The summed E-state index contributed by atoms with van der Waals surface area (Å²) in [5.41, 5.74) is 5.80. The smallest absolute Gasteiger partial charge is 0.133 e. The summed E-state index contributed by atoms with van der Waals surface area (Å²) in [6.45, 7) is 2.15. The van der Waals surface area contributed by atoms with Crippen LogP contribution >= 0.6 is 11.9 Å². The molecule has 0 aliphatic carbocycles. The quantitative estimate of drug-likeness (QED) is 0.245. The first-order valence-electron chi connectivity index (χ1n) is 12.5. The van der Waals surface area contributed by atoms with Gasteiger partial charge in [0.2, 0.25) is 0 Å². The highest BCUT2D eigenvalue weighted by Crippen LogP contribution is 2.32. The lowest BCUT2D eigenvalue weighted by atomic mass is 9.96. The van der Waals surface area contributed by atoms with E-state index in [1.165, 1.54) is 30.3 Å². The number of hydrogen-bond acceptors (Lipinski definition) is 6. The molecule has 5 rings (SSSR count). The van der Waals surface area contributed by atoms with Crippen molar-refractivity contribution in [2.24, 2.45) is 0 Å². The van der Waals surface area contributed by atoms with Gasteiger partial charge >= 0.3 is 0 Å². The summed E-state index contributed by atoms with van der Waals surface area (Å²) in [7, 11) is 2.15. The van der Waals surface area contributed by atoms with Gasteiger partial charge in [0, 0.05) is 64.6 Å². The summed E-state index contributed by atoms with van der Waals surface area (Å²) >= 11 is 1.41. The van der Waals surface area contributed by atoms with Crippen molar-refractivity contribution in [3.05, 3.63) is 95.6 Å². The lowest BCUT2D eigenvalue weighted by Gasteiger charge is -2.29. The third kappa shape index (κ3) is 5.58. The highest BCUT2D eigenvalue weighted by atomic mass is 32.2. The van der Waals surface area contributed by atoms with E-state index in [0.717, 1.165) is 60.1 Å². The number of rotatable bonds is 7. The molecular weight excluding hydrogens is 502 g/mol. The maximum absolute atomic E-state index is 14.6. The van der Waals surface area contributed by atoms with E-state index < -0.39 is 11.6 Å². The maximum atomic E-state index is 14.6. The van der Waals surface area contributed by atoms with Crippen molar-refractivity contribution < 1.29 is 8.78 Å². The minimum atomic E-state index is -0.634. The number of aromatic nitrogens is 2. The predicted molar refractivity (Wildman–Crippen MR) is 153 cm³/mol. The van der Waals surface area contributed by atoms with Gasteiger partial charge < -0.3 is 20.3 Å². The third-order valence-corrected chi connectivity index (χ3v) is 7.39. The second kappa shape index (κ2) is 11.4. The first-order chi connectivity index (χ1) is 18.4. The number of halogens is 2. The molecule has 3 N–H and O–H groups in total. The van der Waals surface area contributed by atoms with E-state index in [-0.39, 0.29) is 0 Å². The average Bonchev–Trinajstić information content (AvgIpc) is 3.40. The van der Waals surface area contributed by atoms with Gasteiger partial charge in [-0.05, 0) is 80.5 Å². The van der Waals surface area contributed by atoms with Crippen molar-refractivity contribution in [2.45, 2.75) is 18.9 Å². The minimum absolute atomic E-state index is 0.294. The number of nitrogens with one attached hydrogen (secondary N) is 3. The van der Waals surface area contributed by atoms with Gasteiger partial charge in [-0.25, -0.2) is 8.78 Å². The van der Waals surface area contributed by atoms with Gasteiger partial charge in [0.1, 0.15) is 11.6 Å². The molecule has 0 amide bonds. The minimum Gasteiger partial charge on any atom is -0.361 e. The summed E-state index contributed by atoms with van der Waals surface area (Å²) in [5, 5.41) is 16.1. The third-order valence-electron chi connectivity index (χ3n) is 6.95. The Kier molecular flexibility index (Phi) is 7.76. The molecule has 2 aromatic carbocycles.